The number of aliphatic imine (C=N–C) groups is 1. The highest BCUT2D eigenvalue weighted by atomic mass is 32.2. The van der Waals surface area contributed by atoms with Crippen LogP contribution < -0.4 is 15.4 Å². The molecule has 0 aromatic heterocycles. The standard InChI is InChI=1S/C21H36N4O3S/c1-4-16-29(26,27)25-14-12-18(13-15-25)24-21(22-6-3)23-17-19(5-2)28-20-10-8-7-9-11-20/h7-11,18-19H,4-6,12-17H2,1-3H3,(H2,22,23,24). The van der Waals surface area contributed by atoms with Crippen molar-refractivity contribution in [2.45, 2.75) is 58.6 Å². The van der Waals surface area contributed by atoms with E-state index >= 15 is 0 Å². The van der Waals surface area contributed by atoms with Crippen LogP contribution >= 0.6 is 0 Å². The summed E-state index contributed by atoms with van der Waals surface area (Å²) in [5.74, 6) is 1.85. The van der Waals surface area contributed by atoms with Crippen LogP contribution in [0.25, 0.3) is 0 Å². The molecule has 164 valence electrons. The summed E-state index contributed by atoms with van der Waals surface area (Å²) in [4.78, 5) is 4.71. The van der Waals surface area contributed by atoms with Crippen LogP contribution in [0.1, 0.15) is 46.5 Å². The normalized spacial score (nSPS) is 17.7. The van der Waals surface area contributed by atoms with Gasteiger partial charge in [0.05, 0.1) is 12.3 Å². The van der Waals surface area contributed by atoms with Gasteiger partial charge in [-0.15, -0.1) is 0 Å². The molecule has 0 bridgehead atoms. The zero-order chi connectivity index (χ0) is 21.1. The molecule has 1 fully saturated rings. The molecule has 0 saturated carbocycles. The number of rotatable bonds is 10. The van der Waals surface area contributed by atoms with Crippen LogP contribution in [-0.4, -0.2) is 62.8 Å². The van der Waals surface area contributed by atoms with Gasteiger partial charge >= 0.3 is 0 Å². The minimum atomic E-state index is -3.11. The van der Waals surface area contributed by atoms with Crippen LogP contribution in [-0.2, 0) is 10.0 Å². The van der Waals surface area contributed by atoms with Gasteiger partial charge in [-0.1, -0.05) is 32.0 Å². The average Bonchev–Trinajstić information content (AvgIpc) is 2.72. The second-order valence-electron chi connectivity index (χ2n) is 7.31. The molecule has 0 amide bonds. The molecule has 1 saturated heterocycles. The first kappa shape index (κ1) is 23.5. The van der Waals surface area contributed by atoms with Crippen molar-refractivity contribution in [2.75, 3.05) is 31.9 Å². The first-order valence-electron chi connectivity index (χ1n) is 10.7. The van der Waals surface area contributed by atoms with Crippen molar-refractivity contribution in [2.24, 2.45) is 4.99 Å². The van der Waals surface area contributed by atoms with Crippen LogP contribution in [0.5, 0.6) is 5.75 Å². The van der Waals surface area contributed by atoms with Gasteiger partial charge in [-0.3, -0.25) is 0 Å². The third-order valence-electron chi connectivity index (χ3n) is 4.95. The third kappa shape index (κ3) is 7.85. The highest BCUT2D eigenvalue weighted by molar-refractivity contribution is 7.89. The Balaban J connectivity index is 1.89. The number of ether oxygens (including phenoxy) is 1. The minimum Gasteiger partial charge on any atom is -0.489 e. The number of sulfonamides is 1. The van der Waals surface area contributed by atoms with Crippen molar-refractivity contribution in [3.8, 4) is 5.75 Å². The minimum absolute atomic E-state index is 0.00823. The van der Waals surface area contributed by atoms with E-state index in [0.717, 1.165) is 37.5 Å². The Bertz CT molecular complexity index is 717. The lowest BCUT2D eigenvalue weighted by Crippen LogP contribution is -2.50. The molecular formula is C21H36N4O3S. The predicted octanol–water partition coefficient (Wildman–Crippen LogP) is 2.60. The van der Waals surface area contributed by atoms with Gasteiger partial charge < -0.3 is 15.4 Å². The molecule has 29 heavy (non-hydrogen) atoms. The van der Waals surface area contributed by atoms with Gasteiger partial charge in [-0.2, -0.15) is 0 Å². The van der Waals surface area contributed by atoms with E-state index in [9.17, 15) is 8.42 Å². The fraction of sp³-hybridized carbons (Fsp3) is 0.667. The van der Waals surface area contributed by atoms with Gasteiger partial charge in [-0.05, 0) is 44.7 Å². The summed E-state index contributed by atoms with van der Waals surface area (Å²) >= 11 is 0. The number of piperidine rings is 1. The van der Waals surface area contributed by atoms with Gasteiger partial charge in [0.1, 0.15) is 11.9 Å². The second kappa shape index (κ2) is 12.0. The van der Waals surface area contributed by atoms with E-state index in [1.807, 2.05) is 44.2 Å². The monoisotopic (exact) mass is 424 g/mol. The quantitative estimate of drug-likeness (QED) is 0.446. The Morgan fingerprint density at radius 1 is 1.21 bits per heavy atom. The van der Waals surface area contributed by atoms with Gasteiger partial charge in [0.25, 0.3) is 0 Å². The summed E-state index contributed by atoms with van der Waals surface area (Å²) in [5, 5.41) is 6.75. The first-order chi connectivity index (χ1) is 14.0. The maximum absolute atomic E-state index is 12.2. The fourth-order valence-electron chi connectivity index (χ4n) is 3.31. The average molecular weight is 425 g/mol. The summed E-state index contributed by atoms with van der Waals surface area (Å²) in [6, 6.07) is 10.0. The molecule has 2 rings (SSSR count). The molecule has 1 unspecified atom stereocenters. The molecule has 7 nitrogen and oxygen atoms in total. The van der Waals surface area contributed by atoms with E-state index in [2.05, 4.69) is 17.6 Å². The zero-order valence-corrected chi connectivity index (χ0v) is 18.7. The highest BCUT2D eigenvalue weighted by Gasteiger charge is 2.27. The lowest BCUT2D eigenvalue weighted by Gasteiger charge is -2.32. The Kier molecular flexibility index (Phi) is 9.73. The summed E-state index contributed by atoms with van der Waals surface area (Å²) < 4.78 is 32.1. The van der Waals surface area contributed by atoms with Crippen molar-refractivity contribution >= 4 is 16.0 Å². The lowest BCUT2D eigenvalue weighted by molar-refractivity contribution is 0.205. The zero-order valence-electron chi connectivity index (χ0n) is 17.9. The van der Waals surface area contributed by atoms with Gasteiger partial charge in [0.15, 0.2) is 5.96 Å². The van der Waals surface area contributed by atoms with Crippen LogP contribution in [0, 0.1) is 0 Å². The summed E-state index contributed by atoms with van der Waals surface area (Å²) in [5.41, 5.74) is 0. The molecule has 1 aliphatic heterocycles. The van der Waals surface area contributed by atoms with E-state index in [0.29, 0.717) is 26.1 Å². The summed E-state index contributed by atoms with van der Waals surface area (Å²) in [6.45, 7) is 8.49. The topological polar surface area (TPSA) is 83.0 Å². The molecule has 0 aliphatic carbocycles. The first-order valence-corrected chi connectivity index (χ1v) is 12.3. The summed E-state index contributed by atoms with van der Waals surface area (Å²) in [7, 11) is -3.11. The number of nitrogens with zero attached hydrogens (tertiary/aromatic N) is 2. The lowest BCUT2D eigenvalue weighted by atomic mass is 10.1. The van der Waals surface area contributed by atoms with Crippen molar-refractivity contribution in [1.82, 2.24) is 14.9 Å². The Labute approximate surface area is 176 Å². The Hall–Kier alpha value is -1.80. The van der Waals surface area contributed by atoms with E-state index in [4.69, 9.17) is 9.73 Å². The molecule has 1 heterocycles. The largest absolute Gasteiger partial charge is 0.489 e. The van der Waals surface area contributed by atoms with Gasteiger partial charge in [0.2, 0.25) is 10.0 Å². The van der Waals surface area contributed by atoms with Crippen molar-refractivity contribution < 1.29 is 13.2 Å². The number of hydrogen-bond donors (Lipinski definition) is 2. The van der Waals surface area contributed by atoms with Crippen LogP contribution in [0.3, 0.4) is 0 Å². The number of para-hydroxylation sites is 1. The molecule has 2 N–H and O–H groups in total. The van der Waals surface area contributed by atoms with E-state index in [-0.39, 0.29) is 17.9 Å². The number of nitrogens with one attached hydrogen (secondary N) is 2. The van der Waals surface area contributed by atoms with Gasteiger partial charge in [0, 0.05) is 25.7 Å². The van der Waals surface area contributed by atoms with E-state index < -0.39 is 10.0 Å². The van der Waals surface area contributed by atoms with Crippen LogP contribution in [0.15, 0.2) is 35.3 Å². The number of hydrogen-bond acceptors (Lipinski definition) is 4. The van der Waals surface area contributed by atoms with Crippen molar-refractivity contribution in [3.63, 3.8) is 0 Å². The van der Waals surface area contributed by atoms with Crippen molar-refractivity contribution in [1.29, 1.82) is 0 Å². The number of guanidine groups is 1. The maximum atomic E-state index is 12.2. The van der Waals surface area contributed by atoms with Crippen molar-refractivity contribution in [3.05, 3.63) is 30.3 Å². The third-order valence-corrected chi connectivity index (χ3v) is 7.02. The molecule has 1 atom stereocenters. The molecule has 1 aromatic rings. The Morgan fingerprint density at radius 2 is 1.90 bits per heavy atom. The summed E-state index contributed by atoms with van der Waals surface area (Å²) in [6.07, 6.45) is 3.09. The van der Waals surface area contributed by atoms with E-state index in [1.54, 1.807) is 4.31 Å². The smallest absolute Gasteiger partial charge is 0.214 e. The second-order valence-corrected chi connectivity index (χ2v) is 9.40. The molecule has 1 aromatic carbocycles. The van der Waals surface area contributed by atoms with Crippen LogP contribution in [0.4, 0.5) is 0 Å². The molecule has 1 aliphatic rings. The highest BCUT2D eigenvalue weighted by Crippen LogP contribution is 2.15. The fourth-order valence-corrected chi connectivity index (χ4v) is 4.85. The Morgan fingerprint density at radius 3 is 2.48 bits per heavy atom. The van der Waals surface area contributed by atoms with E-state index in [1.165, 1.54) is 0 Å². The van der Waals surface area contributed by atoms with Crippen LogP contribution in [0.2, 0.25) is 0 Å². The SMILES string of the molecule is CCCS(=O)(=O)N1CCC(NC(=NCC(CC)Oc2ccccc2)NCC)CC1. The number of benzene rings is 1. The van der Waals surface area contributed by atoms with Gasteiger partial charge in [-0.25, -0.2) is 17.7 Å². The molecule has 0 spiro atoms. The molecule has 0 radical (unpaired) electrons. The molecule has 8 heteroatoms. The molecular weight excluding hydrogens is 388 g/mol. The predicted molar refractivity (Wildman–Crippen MR) is 119 cm³/mol. The maximum Gasteiger partial charge on any atom is 0.214 e.